The van der Waals surface area contributed by atoms with Crippen molar-refractivity contribution in [1.29, 1.82) is 0 Å². The second-order valence-electron chi connectivity index (χ2n) is 6.89. The molecule has 1 unspecified atom stereocenters. The van der Waals surface area contributed by atoms with Gasteiger partial charge in [-0.05, 0) is 36.5 Å². The molecule has 0 spiro atoms. The Morgan fingerprint density at radius 3 is 2.92 bits per heavy atom. The number of H-pyrrole nitrogens is 1. The third-order valence-corrected chi connectivity index (χ3v) is 5.79. The van der Waals surface area contributed by atoms with Gasteiger partial charge in [0.2, 0.25) is 10.0 Å². The number of sulfonamides is 1. The Hall–Kier alpha value is -2.45. The molecule has 1 aliphatic rings. The number of rotatable bonds is 3. The highest BCUT2D eigenvalue weighted by Gasteiger charge is 2.22. The van der Waals surface area contributed by atoms with Crippen LogP contribution in [0.3, 0.4) is 0 Å². The van der Waals surface area contributed by atoms with Crippen molar-refractivity contribution in [3.63, 3.8) is 0 Å². The summed E-state index contributed by atoms with van der Waals surface area (Å²) >= 11 is 0. The normalized spacial score (nSPS) is 18.4. The van der Waals surface area contributed by atoms with Crippen molar-refractivity contribution < 1.29 is 8.42 Å². The molecule has 0 radical (unpaired) electrons. The molecule has 136 valence electrons. The summed E-state index contributed by atoms with van der Waals surface area (Å²) in [6, 6.07) is 6.65. The number of aromatic nitrogens is 3. The maximum absolute atomic E-state index is 11.7. The molecule has 3 heterocycles. The van der Waals surface area contributed by atoms with Gasteiger partial charge in [0.1, 0.15) is 17.8 Å². The molecule has 1 aliphatic heterocycles. The molecular formula is C18H21N5O2S. The fraction of sp³-hybridized carbons (Fsp3) is 0.333. The Labute approximate surface area is 152 Å². The number of fused-ring (bicyclic) bond motifs is 1. The van der Waals surface area contributed by atoms with Crippen LogP contribution >= 0.6 is 0 Å². The molecule has 2 aromatic heterocycles. The lowest BCUT2D eigenvalue weighted by Crippen LogP contribution is -2.35. The van der Waals surface area contributed by atoms with E-state index in [1.807, 2.05) is 12.3 Å². The highest BCUT2D eigenvalue weighted by atomic mass is 32.2. The van der Waals surface area contributed by atoms with E-state index in [9.17, 15) is 8.42 Å². The Morgan fingerprint density at radius 1 is 1.31 bits per heavy atom. The van der Waals surface area contributed by atoms with E-state index in [1.165, 1.54) is 12.5 Å². The quantitative estimate of drug-likeness (QED) is 0.736. The van der Waals surface area contributed by atoms with Gasteiger partial charge in [-0.2, -0.15) is 0 Å². The summed E-state index contributed by atoms with van der Waals surface area (Å²) in [5.41, 5.74) is 2.38. The topological polar surface area (TPSA) is 105 Å². The molecule has 1 aromatic carbocycles. The van der Waals surface area contributed by atoms with Crippen molar-refractivity contribution in [1.82, 2.24) is 15.0 Å². The molecule has 0 amide bonds. The minimum Gasteiger partial charge on any atom is -0.356 e. The molecule has 3 aromatic rings. The summed E-state index contributed by atoms with van der Waals surface area (Å²) in [6.07, 6.45) is 5.77. The van der Waals surface area contributed by atoms with Crippen LogP contribution < -0.4 is 10.0 Å². The summed E-state index contributed by atoms with van der Waals surface area (Å²) in [6.45, 7) is 4.16. The van der Waals surface area contributed by atoms with E-state index in [1.54, 1.807) is 18.5 Å². The van der Waals surface area contributed by atoms with Gasteiger partial charge in [-0.3, -0.25) is 0 Å². The first-order valence-electron chi connectivity index (χ1n) is 8.64. The minimum absolute atomic E-state index is 0.0920. The largest absolute Gasteiger partial charge is 0.356 e. The number of piperidine rings is 1. The first kappa shape index (κ1) is 17.0. The van der Waals surface area contributed by atoms with Crippen LogP contribution in [-0.4, -0.2) is 36.5 Å². The Kier molecular flexibility index (Phi) is 4.16. The molecule has 7 nitrogen and oxygen atoms in total. The van der Waals surface area contributed by atoms with Crippen LogP contribution in [0.4, 0.5) is 5.82 Å². The fourth-order valence-corrected chi connectivity index (χ4v) is 4.20. The van der Waals surface area contributed by atoms with Gasteiger partial charge in [-0.15, -0.1) is 0 Å². The molecule has 26 heavy (non-hydrogen) atoms. The summed E-state index contributed by atoms with van der Waals surface area (Å²) in [4.78, 5) is 14.4. The SMILES string of the molecule is CC1CCCN(c2ncnc3[nH]cc(-c4cccc(S(N)(=O)=O)c4)c23)C1. The van der Waals surface area contributed by atoms with Gasteiger partial charge in [0, 0.05) is 24.8 Å². The van der Waals surface area contributed by atoms with E-state index >= 15 is 0 Å². The number of nitrogens with two attached hydrogens (primary N) is 1. The molecule has 3 N–H and O–H groups in total. The van der Waals surface area contributed by atoms with Crippen molar-refractivity contribution in [2.75, 3.05) is 18.0 Å². The number of hydrogen-bond acceptors (Lipinski definition) is 5. The smallest absolute Gasteiger partial charge is 0.238 e. The standard InChI is InChI=1S/C18H21N5O2S/c1-12-4-3-7-23(10-12)18-16-15(9-20-17(16)21-11-22-18)13-5-2-6-14(8-13)26(19,24)25/h2,5-6,8-9,11-12H,3-4,7,10H2,1H3,(H2,19,24,25)(H,20,21,22). The van der Waals surface area contributed by atoms with Crippen molar-refractivity contribution in [2.24, 2.45) is 11.1 Å². The third kappa shape index (κ3) is 3.06. The molecule has 1 saturated heterocycles. The van der Waals surface area contributed by atoms with Gasteiger partial charge < -0.3 is 9.88 Å². The van der Waals surface area contributed by atoms with Crippen LogP contribution in [0.1, 0.15) is 19.8 Å². The van der Waals surface area contributed by atoms with E-state index in [-0.39, 0.29) is 4.90 Å². The van der Waals surface area contributed by atoms with Crippen LogP contribution in [0.25, 0.3) is 22.2 Å². The van der Waals surface area contributed by atoms with Crippen molar-refractivity contribution >= 4 is 26.9 Å². The van der Waals surface area contributed by atoms with Gasteiger partial charge >= 0.3 is 0 Å². The van der Waals surface area contributed by atoms with E-state index in [0.717, 1.165) is 47.5 Å². The van der Waals surface area contributed by atoms with Crippen LogP contribution in [0.5, 0.6) is 0 Å². The van der Waals surface area contributed by atoms with Gasteiger partial charge in [-0.1, -0.05) is 19.1 Å². The average Bonchev–Trinajstić information content (AvgIpc) is 3.05. The van der Waals surface area contributed by atoms with Crippen LogP contribution in [-0.2, 0) is 10.0 Å². The van der Waals surface area contributed by atoms with Crippen LogP contribution in [0, 0.1) is 5.92 Å². The molecule has 8 heteroatoms. The first-order valence-corrected chi connectivity index (χ1v) is 10.2. The fourth-order valence-electron chi connectivity index (χ4n) is 3.64. The second kappa shape index (κ2) is 6.37. The zero-order chi connectivity index (χ0) is 18.3. The molecular weight excluding hydrogens is 350 g/mol. The molecule has 0 saturated carbocycles. The zero-order valence-corrected chi connectivity index (χ0v) is 15.3. The maximum Gasteiger partial charge on any atom is 0.238 e. The highest BCUT2D eigenvalue weighted by molar-refractivity contribution is 7.89. The number of primary sulfonamides is 1. The number of aromatic amines is 1. The van der Waals surface area contributed by atoms with Gasteiger partial charge in [0.05, 0.1) is 10.3 Å². The number of nitrogens with zero attached hydrogens (tertiary/aromatic N) is 3. The predicted octanol–water partition coefficient (Wildman–Crippen LogP) is 2.51. The van der Waals surface area contributed by atoms with Crippen molar-refractivity contribution in [3.8, 4) is 11.1 Å². The lowest BCUT2D eigenvalue weighted by atomic mass is 9.99. The van der Waals surface area contributed by atoms with E-state index in [0.29, 0.717) is 5.92 Å². The summed E-state index contributed by atoms with van der Waals surface area (Å²) in [5, 5.41) is 6.20. The van der Waals surface area contributed by atoms with E-state index in [2.05, 4.69) is 26.8 Å². The van der Waals surface area contributed by atoms with Gasteiger partial charge in [0.25, 0.3) is 0 Å². The minimum atomic E-state index is -3.76. The van der Waals surface area contributed by atoms with E-state index in [4.69, 9.17) is 5.14 Å². The monoisotopic (exact) mass is 371 g/mol. The molecule has 4 rings (SSSR count). The number of anilines is 1. The lowest BCUT2D eigenvalue weighted by molar-refractivity contribution is 0.445. The van der Waals surface area contributed by atoms with E-state index < -0.39 is 10.0 Å². The summed E-state index contributed by atoms with van der Waals surface area (Å²) in [7, 11) is -3.76. The Bertz CT molecular complexity index is 1060. The summed E-state index contributed by atoms with van der Waals surface area (Å²) in [5.74, 6) is 1.50. The number of benzene rings is 1. The first-order chi connectivity index (χ1) is 12.4. The predicted molar refractivity (Wildman–Crippen MR) is 101 cm³/mol. The van der Waals surface area contributed by atoms with Gasteiger partial charge in [-0.25, -0.2) is 23.5 Å². The summed E-state index contributed by atoms with van der Waals surface area (Å²) < 4.78 is 23.4. The molecule has 1 atom stereocenters. The molecule has 1 fully saturated rings. The average molecular weight is 371 g/mol. The van der Waals surface area contributed by atoms with Crippen LogP contribution in [0.2, 0.25) is 0 Å². The molecule has 0 aliphatic carbocycles. The zero-order valence-electron chi connectivity index (χ0n) is 14.5. The Morgan fingerprint density at radius 2 is 2.15 bits per heavy atom. The number of hydrogen-bond donors (Lipinski definition) is 2. The maximum atomic E-state index is 11.7. The Balaban J connectivity index is 1.87. The van der Waals surface area contributed by atoms with Crippen molar-refractivity contribution in [2.45, 2.75) is 24.7 Å². The number of nitrogens with one attached hydrogen (secondary N) is 1. The lowest BCUT2D eigenvalue weighted by Gasteiger charge is -2.32. The van der Waals surface area contributed by atoms with Crippen molar-refractivity contribution in [3.05, 3.63) is 36.8 Å². The van der Waals surface area contributed by atoms with Crippen LogP contribution in [0.15, 0.2) is 41.7 Å². The van der Waals surface area contributed by atoms with Gasteiger partial charge in [0.15, 0.2) is 0 Å². The highest BCUT2D eigenvalue weighted by Crippen LogP contribution is 2.35. The molecule has 0 bridgehead atoms. The second-order valence-corrected chi connectivity index (χ2v) is 8.45. The third-order valence-electron chi connectivity index (χ3n) is 4.88.